The number of ketones is 1. The molecule has 0 bridgehead atoms. The highest BCUT2D eigenvalue weighted by atomic mass is 16.3. The Morgan fingerprint density at radius 1 is 1.29 bits per heavy atom. The molecule has 0 aromatic carbocycles. The molecular weight excluding hydrogens is 176 g/mol. The van der Waals surface area contributed by atoms with Crippen molar-refractivity contribution in [3.63, 3.8) is 0 Å². The van der Waals surface area contributed by atoms with Gasteiger partial charge in [0.05, 0.1) is 5.60 Å². The van der Waals surface area contributed by atoms with E-state index in [0.717, 1.165) is 25.7 Å². The van der Waals surface area contributed by atoms with Crippen LogP contribution in [0.2, 0.25) is 0 Å². The van der Waals surface area contributed by atoms with Gasteiger partial charge < -0.3 is 5.11 Å². The Labute approximate surface area is 86.7 Å². The lowest BCUT2D eigenvalue weighted by Crippen LogP contribution is -2.36. The van der Waals surface area contributed by atoms with Gasteiger partial charge in [0.15, 0.2) is 0 Å². The van der Waals surface area contributed by atoms with Crippen molar-refractivity contribution in [3.05, 3.63) is 0 Å². The van der Waals surface area contributed by atoms with Gasteiger partial charge in [-0.15, -0.1) is 0 Å². The van der Waals surface area contributed by atoms with Crippen LogP contribution < -0.4 is 0 Å². The minimum Gasteiger partial charge on any atom is -0.390 e. The van der Waals surface area contributed by atoms with Crippen LogP contribution in [-0.2, 0) is 4.79 Å². The van der Waals surface area contributed by atoms with Crippen LogP contribution >= 0.6 is 0 Å². The summed E-state index contributed by atoms with van der Waals surface area (Å²) in [4.78, 5) is 11.9. The number of carbonyl (C=O) groups is 1. The molecule has 1 saturated carbocycles. The lowest BCUT2D eigenvalue weighted by molar-refractivity contribution is -0.133. The van der Waals surface area contributed by atoms with Crippen molar-refractivity contribution in [2.75, 3.05) is 0 Å². The van der Waals surface area contributed by atoms with Crippen LogP contribution in [0.25, 0.3) is 0 Å². The Bertz CT molecular complexity index is 213. The molecule has 0 unspecified atom stereocenters. The van der Waals surface area contributed by atoms with E-state index in [1.54, 1.807) is 0 Å². The Balaban J connectivity index is 2.55. The van der Waals surface area contributed by atoms with E-state index >= 15 is 0 Å². The van der Waals surface area contributed by atoms with Crippen molar-refractivity contribution in [1.29, 1.82) is 0 Å². The summed E-state index contributed by atoms with van der Waals surface area (Å²) in [5.41, 5.74) is -0.761. The number of carbonyl (C=O) groups excluding carboxylic acids is 1. The average Bonchev–Trinajstić information content (AvgIpc) is 2.01. The van der Waals surface area contributed by atoms with Crippen molar-refractivity contribution >= 4 is 5.78 Å². The molecule has 0 radical (unpaired) electrons. The fraction of sp³-hybridized carbons (Fsp3) is 0.917. The van der Waals surface area contributed by atoms with E-state index in [9.17, 15) is 9.90 Å². The molecule has 0 heterocycles. The van der Waals surface area contributed by atoms with Gasteiger partial charge in [0.25, 0.3) is 0 Å². The van der Waals surface area contributed by atoms with Gasteiger partial charge in [-0.2, -0.15) is 0 Å². The zero-order valence-corrected chi connectivity index (χ0v) is 9.76. The summed E-state index contributed by atoms with van der Waals surface area (Å²) in [6.07, 6.45) is 3.23. The second kappa shape index (κ2) is 3.65. The first-order valence-corrected chi connectivity index (χ1v) is 5.49. The Morgan fingerprint density at radius 2 is 1.71 bits per heavy atom. The number of hydrogen-bond donors (Lipinski definition) is 1. The molecule has 0 aromatic rings. The van der Waals surface area contributed by atoms with Gasteiger partial charge in [0.1, 0.15) is 5.78 Å². The first-order chi connectivity index (χ1) is 6.22. The molecule has 1 fully saturated rings. The Hall–Kier alpha value is -0.370. The molecule has 0 aliphatic heterocycles. The highest BCUT2D eigenvalue weighted by Gasteiger charge is 2.35. The SMILES string of the molecule is CC1(O)CCC(C(=O)C(C)(C)C)CC1. The molecule has 1 rings (SSSR count). The number of hydrogen-bond acceptors (Lipinski definition) is 2. The largest absolute Gasteiger partial charge is 0.390 e. The number of Topliss-reactive ketones (excluding diaryl/α,β-unsaturated/α-hetero) is 1. The normalized spacial score (nSPS) is 34.2. The highest BCUT2D eigenvalue weighted by molar-refractivity contribution is 5.86. The maximum absolute atomic E-state index is 11.9. The van der Waals surface area contributed by atoms with Gasteiger partial charge in [0, 0.05) is 11.3 Å². The minimum atomic E-state index is -0.533. The van der Waals surface area contributed by atoms with Crippen LogP contribution in [0.15, 0.2) is 0 Å². The van der Waals surface area contributed by atoms with Crippen LogP contribution in [0.3, 0.4) is 0 Å². The number of rotatable bonds is 1. The van der Waals surface area contributed by atoms with Gasteiger partial charge in [-0.05, 0) is 32.6 Å². The fourth-order valence-corrected chi connectivity index (χ4v) is 2.11. The van der Waals surface area contributed by atoms with Crippen molar-refractivity contribution in [3.8, 4) is 0 Å². The van der Waals surface area contributed by atoms with Gasteiger partial charge in [-0.25, -0.2) is 0 Å². The van der Waals surface area contributed by atoms with Crippen molar-refractivity contribution in [2.24, 2.45) is 11.3 Å². The lowest BCUT2D eigenvalue weighted by atomic mass is 9.72. The van der Waals surface area contributed by atoms with Crippen LogP contribution in [0.4, 0.5) is 0 Å². The molecule has 14 heavy (non-hydrogen) atoms. The summed E-state index contributed by atoms with van der Waals surface area (Å²) in [5, 5.41) is 9.77. The summed E-state index contributed by atoms with van der Waals surface area (Å²) >= 11 is 0. The topological polar surface area (TPSA) is 37.3 Å². The van der Waals surface area contributed by atoms with E-state index in [-0.39, 0.29) is 11.3 Å². The van der Waals surface area contributed by atoms with E-state index in [2.05, 4.69) is 0 Å². The third kappa shape index (κ3) is 2.81. The molecule has 82 valence electrons. The van der Waals surface area contributed by atoms with E-state index in [0.29, 0.717) is 5.78 Å². The standard InChI is InChI=1S/C12H22O2/c1-11(2,3)10(13)9-5-7-12(4,14)8-6-9/h9,14H,5-8H2,1-4H3. The summed E-state index contributed by atoms with van der Waals surface area (Å²) in [6, 6.07) is 0. The molecule has 1 N–H and O–H groups in total. The third-order valence-corrected chi connectivity index (χ3v) is 3.17. The average molecular weight is 198 g/mol. The highest BCUT2D eigenvalue weighted by Crippen LogP contribution is 2.35. The van der Waals surface area contributed by atoms with E-state index in [1.165, 1.54) is 0 Å². The molecule has 2 nitrogen and oxygen atoms in total. The van der Waals surface area contributed by atoms with Crippen LogP contribution in [0, 0.1) is 11.3 Å². The zero-order valence-electron chi connectivity index (χ0n) is 9.76. The Kier molecular flexibility index (Phi) is 3.05. The van der Waals surface area contributed by atoms with Gasteiger partial charge in [-0.1, -0.05) is 20.8 Å². The molecule has 0 amide bonds. The van der Waals surface area contributed by atoms with Crippen LogP contribution in [0.1, 0.15) is 53.4 Å². The molecular formula is C12H22O2. The molecule has 1 aliphatic rings. The van der Waals surface area contributed by atoms with Crippen molar-refractivity contribution < 1.29 is 9.90 Å². The first-order valence-electron chi connectivity index (χ1n) is 5.49. The maximum atomic E-state index is 11.9. The smallest absolute Gasteiger partial charge is 0.141 e. The summed E-state index contributed by atoms with van der Waals surface area (Å²) in [5.74, 6) is 0.531. The first kappa shape index (κ1) is 11.7. The number of aliphatic hydroxyl groups is 1. The molecule has 0 spiro atoms. The lowest BCUT2D eigenvalue weighted by Gasteiger charge is -2.34. The van der Waals surface area contributed by atoms with Gasteiger partial charge >= 0.3 is 0 Å². The molecule has 0 aromatic heterocycles. The van der Waals surface area contributed by atoms with Crippen molar-refractivity contribution in [2.45, 2.75) is 59.0 Å². The molecule has 0 saturated heterocycles. The predicted octanol–water partition coefficient (Wildman–Crippen LogP) is 2.54. The van der Waals surface area contributed by atoms with Crippen LogP contribution in [0.5, 0.6) is 0 Å². The fourth-order valence-electron chi connectivity index (χ4n) is 2.11. The maximum Gasteiger partial charge on any atom is 0.141 e. The second-order valence-corrected chi connectivity index (χ2v) is 5.89. The Morgan fingerprint density at radius 3 is 2.07 bits per heavy atom. The zero-order chi connectivity index (χ0) is 11.0. The third-order valence-electron chi connectivity index (χ3n) is 3.17. The predicted molar refractivity (Wildman–Crippen MR) is 57.0 cm³/mol. The summed E-state index contributed by atoms with van der Waals surface area (Å²) in [6.45, 7) is 7.79. The van der Waals surface area contributed by atoms with Gasteiger partial charge in [0.2, 0.25) is 0 Å². The molecule has 1 aliphatic carbocycles. The molecule has 0 atom stereocenters. The van der Waals surface area contributed by atoms with Gasteiger partial charge in [-0.3, -0.25) is 4.79 Å². The van der Waals surface area contributed by atoms with E-state index in [1.807, 2.05) is 27.7 Å². The molecule has 2 heteroatoms. The van der Waals surface area contributed by atoms with E-state index in [4.69, 9.17) is 0 Å². The second-order valence-electron chi connectivity index (χ2n) is 5.89. The quantitative estimate of drug-likeness (QED) is 0.703. The van der Waals surface area contributed by atoms with E-state index < -0.39 is 5.60 Å². The van der Waals surface area contributed by atoms with Crippen molar-refractivity contribution in [1.82, 2.24) is 0 Å². The van der Waals surface area contributed by atoms with Crippen LogP contribution in [-0.4, -0.2) is 16.5 Å². The minimum absolute atomic E-state index is 0.176. The summed E-state index contributed by atoms with van der Waals surface area (Å²) < 4.78 is 0. The monoisotopic (exact) mass is 198 g/mol. The summed E-state index contributed by atoms with van der Waals surface area (Å²) in [7, 11) is 0.